The molecule has 0 heterocycles. The van der Waals surface area contributed by atoms with Gasteiger partial charge in [0, 0.05) is 12.6 Å². The Balaban J connectivity index is 2.55. The lowest BCUT2D eigenvalue weighted by Gasteiger charge is -2.12. The highest BCUT2D eigenvalue weighted by Crippen LogP contribution is 2.11. The lowest BCUT2D eigenvalue weighted by molar-refractivity contribution is 0.627. The average Bonchev–Trinajstić information content (AvgIpc) is 2.19. The smallest absolute Gasteiger partial charge is 0.144 e. The summed E-state index contributed by atoms with van der Waals surface area (Å²) >= 11 is 0. The van der Waals surface area contributed by atoms with Crippen molar-refractivity contribution < 1.29 is 8.60 Å². The number of halogens is 1. The Kier molecular flexibility index (Phi) is 4.35. The van der Waals surface area contributed by atoms with Gasteiger partial charge in [0.2, 0.25) is 0 Å². The fourth-order valence-electron chi connectivity index (χ4n) is 0.989. The first kappa shape index (κ1) is 13.0. The molecule has 0 bridgehead atoms. The third-order valence-corrected chi connectivity index (χ3v) is 3.32. The van der Waals surface area contributed by atoms with Crippen LogP contribution in [-0.4, -0.2) is 15.2 Å². The van der Waals surface area contributed by atoms with E-state index in [-0.39, 0.29) is 10.6 Å². The van der Waals surface area contributed by atoms with Crippen molar-refractivity contribution in [3.63, 3.8) is 0 Å². The summed E-state index contributed by atoms with van der Waals surface area (Å²) < 4.78 is 27.8. The summed E-state index contributed by atoms with van der Waals surface area (Å²) in [5, 5.41) is 0. The van der Waals surface area contributed by atoms with E-state index >= 15 is 0 Å². The zero-order valence-corrected chi connectivity index (χ0v) is 10.6. The Morgan fingerprint density at radius 2 is 1.88 bits per heavy atom. The van der Waals surface area contributed by atoms with Gasteiger partial charge in [-0.2, -0.15) is 4.40 Å². The van der Waals surface area contributed by atoms with E-state index < -0.39 is 11.0 Å². The van der Waals surface area contributed by atoms with Gasteiger partial charge in [-0.25, -0.2) is 8.60 Å². The summed E-state index contributed by atoms with van der Waals surface area (Å²) in [5.41, 5.74) is 0.955. The second kappa shape index (κ2) is 5.34. The zero-order chi connectivity index (χ0) is 12.2. The molecule has 2 nitrogen and oxygen atoms in total. The predicted molar refractivity (Wildman–Crippen MR) is 66.5 cm³/mol. The molecule has 0 amide bonds. The minimum Gasteiger partial charge on any atom is -0.234 e. The molecule has 4 heteroatoms. The number of nitrogens with zero attached hydrogens (tertiary/aromatic N) is 1. The van der Waals surface area contributed by atoms with Gasteiger partial charge in [-0.3, -0.25) is 0 Å². The highest BCUT2D eigenvalue weighted by atomic mass is 32.2. The maximum atomic E-state index is 12.6. The van der Waals surface area contributed by atoms with Crippen LogP contribution in [0.15, 0.2) is 28.7 Å². The second-order valence-corrected chi connectivity index (χ2v) is 6.41. The van der Waals surface area contributed by atoms with Gasteiger partial charge in [-0.05, 0) is 38.5 Å². The summed E-state index contributed by atoms with van der Waals surface area (Å²) in [6.45, 7) is 5.62. The predicted octanol–water partition coefficient (Wildman–Crippen LogP) is 2.90. The van der Waals surface area contributed by atoms with Crippen LogP contribution >= 0.6 is 0 Å². The Labute approximate surface area is 98.2 Å². The average molecular weight is 241 g/mol. The summed E-state index contributed by atoms with van der Waals surface area (Å²) in [6, 6.07) is 6.20. The molecule has 0 radical (unpaired) electrons. The van der Waals surface area contributed by atoms with Crippen LogP contribution in [0.2, 0.25) is 0 Å². The van der Waals surface area contributed by atoms with E-state index in [2.05, 4.69) is 4.40 Å². The molecule has 1 aromatic rings. The number of hydrogen-bond donors (Lipinski definition) is 0. The molecule has 0 saturated carbocycles. The van der Waals surface area contributed by atoms with Crippen molar-refractivity contribution in [3.05, 3.63) is 35.6 Å². The number of rotatable bonds is 3. The monoisotopic (exact) mass is 241 g/mol. The molecule has 1 atom stereocenters. The molecule has 0 aromatic heterocycles. The SMILES string of the molecule is CC(C)(C)S(=O)N=CCc1ccc(F)cc1. The normalized spacial score (nSPS) is 14.2. The first-order valence-corrected chi connectivity index (χ1v) is 6.19. The number of benzene rings is 1. The molecular formula is C12H16FNOS. The number of hydrogen-bond acceptors (Lipinski definition) is 1. The first-order chi connectivity index (χ1) is 7.39. The van der Waals surface area contributed by atoms with Gasteiger partial charge in [-0.15, -0.1) is 0 Å². The Hall–Kier alpha value is -1.03. The van der Waals surface area contributed by atoms with Gasteiger partial charge in [0.05, 0.1) is 4.75 Å². The fraction of sp³-hybridized carbons (Fsp3) is 0.417. The third kappa shape index (κ3) is 4.23. The highest BCUT2D eigenvalue weighted by Gasteiger charge is 2.17. The van der Waals surface area contributed by atoms with Crippen molar-refractivity contribution in [1.82, 2.24) is 0 Å². The maximum absolute atomic E-state index is 12.6. The second-order valence-electron chi connectivity index (χ2n) is 4.48. The van der Waals surface area contributed by atoms with Crippen molar-refractivity contribution in [1.29, 1.82) is 0 Å². The Morgan fingerprint density at radius 3 is 2.38 bits per heavy atom. The Bertz CT molecular complexity index is 392. The van der Waals surface area contributed by atoms with Crippen LogP contribution in [0.5, 0.6) is 0 Å². The van der Waals surface area contributed by atoms with E-state index in [1.54, 1.807) is 18.3 Å². The molecule has 0 aliphatic heterocycles. The van der Waals surface area contributed by atoms with Crippen LogP contribution in [0.4, 0.5) is 4.39 Å². The van der Waals surface area contributed by atoms with E-state index in [1.807, 2.05) is 20.8 Å². The van der Waals surface area contributed by atoms with Crippen molar-refractivity contribution in [2.24, 2.45) is 4.40 Å². The van der Waals surface area contributed by atoms with Crippen LogP contribution in [0, 0.1) is 5.82 Å². The van der Waals surface area contributed by atoms with Crippen molar-refractivity contribution in [3.8, 4) is 0 Å². The van der Waals surface area contributed by atoms with Gasteiger partial charge in [0.1, 0.15) is 16.8 Å². The summed E-state index contributed by atoms with van der Waals surface area (Å²) in [7, 11) is -1.22. The molecular weight excluding hydrogens is 225 g/mol. The molecule has 1 unspecified atom stereocenters. The topological polar surface area (TPSA) is 29.4 Å². The standard InChI is InChI=1S/C12H16FNOS/c1-12(2,3)16(15)14-9-8-10-4-6-11(13)7-5-10/h4-7,9H,8H2,1-3H3. The quantitative estimate of drug-likeness (QED) is 0.748. The van der Waals surface area contributed by atoms with Crippen molar-refractivity contribution >= 4 is 17.2 Å². The minimum atomic E-state index is -1.22. The molecule has 1 rings (SSSR count). The fourth-order valence-corrected chi connectivity index (χ4v) is 1.52. The molecule has 88 valence electrons. The molecule has 0 aliphatic carbocycles. The first-order valence-electron chi connectivity index (χ1n) is 5.08. The summed E-state index contributed by atoms with van der Waals surface area (Å²) in [5.74, 6) is -0.251. The van der Waals surface area contributed by atoms with Crippen LogP contribution in [-0.2, 0) is 17.4 Å². The molecule has 0 aliphatic rings. The summed E-state index contributed by atoms with van der Waals surface area (Å²) in [4.78, 5) is 0. The van der Waals surface area contributed by atoms with E-state index in [0.29, 0.717) is 6.42 Å². The van der Waals surface area contributed by atoms with Crippen LogP contribution in [0.1, 0.15) is 26.3 Å². The van der Waals surface area contributed by atoms with E-state index in [9.17, 15) is 8.60 Å². The van der Waals surface area contributed by atoms with Gasteiger partial charge >= 0.3 is 0 Å². The van der Waals surface area contributed by atoms with E-state index in [1.165, 1.54) is 12.1 Å². The van der Waals surface area contributed by atoms with Gasteiger partial charge in [0.25, 0.3) is 0 Å². The van der Waals surface area contributed by atoms with Crippen molar-refractivity contribution in [2.45, 2.75) is 31.9 Å². The maximum Gasteiger partial charge on any atom is 0.144 e. The molecule has 16 heavy (non-hydrogen) atoms. The minimum absolute atomic E-state index is 0.251. The van der Waals surface area contributed by atoms with E-state index in [4.69, 9.17) is 0 Å². The Morgan fingerprint density at radius 1 is 1.31 bits per heavy atom. The lowest BCUT2D eigenvalue weighted by atomic mass is 10.2. The molecule has 0 fully saturated rings. The third-order valence-electron chi connectivity index (χ3n) is 1.93. The largest absolute Gasteiger partial charge is 0.234 e. The highest BCUT2D eigenvalue weighted by molar-refractivity contribution is 7.85. The molecule has 0 N–H and O–H groups in total. The molecule has 1 aromatic carbocycles. The van der Waals surface area contributed by atoms with Crippen molar-refractivity contribution in [2.75, 3.05) is 0 Å². The van der Waals surface area contributed by atoms with Gasteiger partial charge in [0.15, 0.2) is 0 Å². The van der Waals surface area contributed by atoms with Gasteiger partial charge < -0.3 is 0 Å². The van der Waals surface area contributed by atoms with Crippen LogP contribution in [0.25, 0.3) is 0 Å². The zero-order valence-electron chi connectivity index (χ0n) is 9.74. The molecule has 0 spiro atoms. The van der Waals surface area contributed by atoms with Crippen LogP contribution < -0.4 is 0 Å². The molecule has 0 saturated heterocycles. The van der Waals surface area contributed by atoms with Crippen LogP contribution in [0.3, 0.4) is 0 Å². The van der Waals surface area contributed by atoms with E-state index in [0.717, 1.165) is 5.56 Å². The van der Waals surface area contributed by atoms with Gasteiger partial charge in [-0.1, -0.05) is 12.1 Å². The summed E-state index contributed by atoms with van der Waals surface area (Å²) in [6.07, 6.45) is 2.19. The lowest BCUT2D eigenvalue weighted by Crippen LogP contribution is -2.19.